The average molecular weight is 377 g/mol. The molecule has 1 saturated heterocycles. The molecule has 1 N–H and O–H groups in total. The second-order valence-corrected chi connectivity index (χ2v) is 6.16. The third kappa shape index (κ3) is 3.88. The normalized spacial score (nSPS) is 18.7. The molecule has 0 saturated carbocycles. The van der Waals surface area contributed by atoms with Crippen LogP contribution in [-0.4, -0.2) is 29.4 Å². The molecular weight excluding hydrogens is 365 g/mol. The number of hydrogen-bond acceptors (Lipinski definition) is 4. The van der Waals surface area contributed by atoms with Gasteiger partial charge in [-0.2, -0.15) is 0 Å². The highest BCUT2D eigenvalue weighted by Crippen LogP contribution is 2.19. The van der Waals surface area contributed by atoms with E-state index < -0.39 is 0 Å². The maximum Gasteiger partial charge on any atom is 0.258 e. The van der Waals surface area contributed by atoms with Gasteiger partial charge in [-0.15, -0.1) is 0 Å². The van der Waals surface area contributed by atoms with Gasteiger partial charge in [-0.3, -0.25) is 9.59 Å². The smallest absolute Gasteiger partial charge is 0.258 e. The van der Waals surface area contributed by atoms with Crippen molar-refractivity contribution in [2.24, 2.45) is 0 Å². The number of ether oxygens (including phenoxy) is 1. The van der Waals surface area contributed by atoms with Crippen LogP contribution >= 0.6 is 34.4 Å². The van der Waals surface area contributed by atoms with Crippen LogP contribution in [0.2, 0.25) is 0 Å². The summed E-state index contributed by atoms with van der Waals surface area (Å²) in [6.07, 6.45) is 0.707. The number of amides is 1. The van der Waals surface area contributed by atoms with Gasteiger partial charge in [0.2, 0.25) is 5.12 Å². The fourth-order valence-electron chi connectivity index (χ4n) is 1.54. The summed E-state index contributed by atoms with van der Waals surface area (Å²) in [5.41, 5.74) is 0. The van der Waals surface area contributed by atoms with E-state index >= 15 is 0 Å². The lowest BCUT2D eigenvalue weighted by Crippen LogP contribution is -2.39. The Hall–Kier alpha value is -0.760. The Morgan fingerprint density at radius 2 is 2.17 bits per heavy atom. The van der Waals surface area contributed by atoms with Crippen molar-refractivity contribution < 1.29 is 14.3 Å². The van der Waals surface area contributed by atoms with E-state index in [9.17, 15) is 9.59 Å². The van der Waals surface area contributed by atoms with Gasteiger partial charge < -0.3 is 10.1 Å². The predicted molar refractivity (Wildman–Crippen MR) is 78.7 cm³/mol. The molecule has 1 atom stereocenters. The maximum atomic E-state index is 11.6. The second-order valence-electron chi connectivity index (χ2n) is 3.82. The maximum absolute atomic E-state index is 11.6. The minimum atomic E-state index is -0.345. The highest BCUT2D eigenvalue weighted by atomic mass is 127. The zero-order valence-corrected chi connectivity index (χ0v) is 12.5. The van der Waals surface area contributed by atoms with Gasteiger partial charge in [-0.25, -0.2) is 0 Å². The minimum absolute atomic E-state index is 0.0395. The molecule has 4 nitrogen and oxygen atoms in total. The highest BCUT2D eigenvalue weighted by Gasteiger charge is 2.26. The molecule has 0 unspecified atom stereocenters. The lowest BCUT2D eigenvalue weighted by atomic mass is 10.2. The number of thioether (sulfide) groups is 1. The van der Waals surface area contributed by atoms with Crippen LogP contribution in [0.4, 0.5) is 0 Å². The van der Waals surface area contributed by atoms with Crippen molar-refractivity contribution in [1.29, 1.82) is 0 Å². The first kappa shape index (κ1) is 13.7. The number of halogens is 1. The number of carbonyl (C=O) groups is 2. The van der Waals surface area contributed by atoms with Crippen molar-refractivity contribution in [1.82, 2.24) is 5.32 Å². The first-order valence-electron chi connectivity index (χ1n) is 5.49. The van der Waals surface area contributed by atoms with Gasteiger partial charge in [-0.1, -0.05) is 11.8 Å². The Kier molecular flexibility index (Phi) is 4.87. The summed E-state index contributed by atoms with van der Waals surface area (Å²) < 4.78 is 6.44. The monoisotopic (exact) mass is 377 g/mol. The van der Waals surface area contributed by atoms with Crippen molar-refractivity contribution in [2.75, 3.05) is 12.4 Å². The molecule has 1 aromatic carbocycles. The predicted octanol–water partition coefficient (Wildman–Crippen LogP) is 1.82. The van der Waals surface area contributed by atoms with E-state index in [1.807, 2.05) is 24.3 Å². The zero-order chi connectivity index (χ0) is 13.0. The van der Waals surface area contributed by atoms with Crippen molar-refractivity contribution in [3.8, 4) is 5.75 Å². The van der Waals surface area contributed by atoms with Crippen LogP contribution in [0, 0.1) is 3.57 Å². The number of carbonyl (C=O) groups excluding carboxylic acids is 2. The molecule has 6 heteroatoms. The SMILES string of the molecule is O=C(COc1ccc(I)cc1)N[C@H]1CCSC1=O. The van der Waals surface area contributed by atoms with Gasteiger partial charge in [0.05, 0.1) is 6.04 Å². The van der Waals surface area contributed by atoms with Crippen LogP contribution < -0.4 is 10.1 Å². The van der Waals surface area contributed by atoms with Crippen LogP contribution in [0.15, 0.2) is 24.3 Å². The Bertz CT molecular complexity index is 449. The van der Waals surface area contributed by atoms with Gasteiger partial charge in [0.25, 0.3) is 5.91 Å². The van der Waals surface area contributed by atoms with E-state index in [2.05, 4.69) is 27.9 Å². The summed E-state index contributed by atoms with van der Waals surface area (Å²) in [5.74, 6) is 1.17. The minimum Gasteiger partial charge on any atom is -0.484 e. The Labute approximate surface area is 123 Å². The molecule has 1 heterocycles. The van der Waals surface area contributed by atoms with Crippen LogP contribution in [-0.2, 0) is 9.59 Å². The van der Waals surface area contributed by atoms with Crippen molar-refractivity contribution in [2.45, 2.75) is 12.5 Å². The molecule has 1 aliphatic heterocycles. The van der Waals surface area contributed by atoms with Crippen LogP contribution in [0.25, 0.3) is 0 Å². The summed E-state index contributed by atoms with van der Waals surface area (Å²) in [4.78, 5) is 22.9. The molecule has 18 heavy (non-hydrogen) atoms. The number of hydrogen-bond donors (Lipinski definition) is 1. The van der Waals surface area contributed by atoms with Crippen molar-refractivity contribution >= 4 is 45.4 Å². The number of rotatable bonds is 4. The number of nitrogens with one attached hydrogen (secondary N) is 1. The Balaban J connectivity index is 1.78. The van der Waals surface area contributed by atoms with Gasteiger partial charge in [0, 0.05) is 9.32 Å². The Morgan fingerprint density at radius 3 is 2.78 bits per heavy atom. The molecule has 1 aliphatic rings. The summed E-state index contributed by atoms with van der Waals surface area (Å²) in [5, 5.41) is 2.71. The summed E-state index contributed by atoms with van der Waals surface area (Å²) >= 11 is 3.47. The van der Waals surface area contributed by atoms with Crippen molar-refractivity contribution in [3.63, 3.8) is 0 Å². The van der Waals surface area contributed by atoms with E-state index in [1.165, 1.54) is 11.8 Å². The van der Waals surface area contributed by atoms with E-state index in [0.29, 0.717) is 12.2 Å². The van der Waals surface area contributed by atoms with E-state index in [1.54, 1.807) is 0 Å². The molecule has 2 rings (SSSR count). The third-order valence-electron chi connectivity index (χ3n) is 2.45. The third-order valence-corrected chi connectivity index (χ3v) is 4.18. The summed E-state index contributed by atoms with van der Waals surface area (Å²) in [6.45, 7) is -0.0605. The van der Waals surface area contributed by atoms with Gasteiger partial charge in [-0.05, 0) is 53.3 Å². The van der Waals surface area contributed by atoms with Gasteiger partial charge >= 0.3 is 0 Å². The zero-order valence-electron chi connectivity index (χ0n) is 9.52. The lowest BCUT2D eigenvalue weighted by molar-refractivity contribution is -0.126. The molecular formula is C12H12INO3S. The van der Waals surface area contributed by atoms with Crippen molar-refractivity contribution in [3.05, 3.63) is 27.8 Å². The van der Waals surface area contributed by atoms with Crippen LogP contribution in [0.1, 0.15) is 6.42 Å². The van der Waals surface area contributed by atoms with Gasteiger partial charge in [0.1, 0.15) is 5.75 Å². The average Bonchev–Trinajstić information content (AvgIpc) is 2.74. The molecule has 1 fully saturated rings. The van der Waals surface area contributed by atoms with Crippen LogP contribution in [0.5, 0.6) is 5.75 Å². The molecule has 1 aromatic rings. The quantitative estimate of drug-likeness (QED) is 0.814. The molecule has 0 radical (unpaired) electrons. The fraction of sp³-hybridized carbons (Fsp3) is 0.333. The number of benzene rings is 1. The topological polar surface area (TPSA) is 55.4 Å². The molecule has 0 aromatic heterocycles. The molecule has 0 spiro atoms. The first-order chi connectivity index (χ1) is 8.65. The fourth-order valence-corrected chi connectivity index (χ4v) is 2.83. The van der Waals surface area contributed by atoms with E-state index in [4.69, 9.17) is 4.74 Å². The largest absolute Gasteiger partial charge is 0.484 e. The molecule has 96 valence electrons. The summed E-state index contributed by atoms with van der Waals surface area (Å²) in [6, 6.07) is 7.09. The van der Waals surface area contributed by atoms with E-state index in [-0.39, 0.29) is 23.7 Å². The molecule has 0 bridgehead atoms. The molecule has 0 aliphatic carbocycles. The van der Waals surface area contributed by atoms with Crippen LogP contribution in [0.3, 0.4) is 0 Å². The first-order valence-corrected chi connectivity index (χ1v) is 7.56. The van der Waals surface area contributed by atoms with Gasteiger partial charge in [0.15, 0.2) is 6.61 Å². The van der Waals surface area contributed by atoms with E-state index in [0.717, 1.165) is 9.32 Å². The second kappa shape index (κ2) is 6.42. The summed E-state index contributed by atoms with van der Waals surface area (Å²) in [7, 11) is 0. The molecule has 1 amide bonds. The standard InChI is InChI=1S/C12H12INO3S/c13-8-1-3-9(4-2-8)17-7-11(15)14-10-5-6-18-12(10)16/h1-4,10H,5-7H2,(H,14,15)/t10-/m0/s1. The lowest BCUT2D eigenvalue weighted by Gasteiger charge is -2.11. The Morgan fingerprint density at radius 1 is 1.44 bits per heavy atom. The highest BCUT2D eigenvalue weighted by molar-refractivity contribution is 14.1.